The standard InChI is InChI=1S/C34H52O5.C29H60O3Si3.C23H35BrO2.C2H6.FH/c1-20(2)17-27-23(5)33(38)39-31(27)18-21(3)28-13-14-29-24(9-7-15-34(28,29)6)11-12-25-19-30(36)26(10-8-16-35)32(37)22(25)4;1-18-21-26(32-35(16,17)29(9,10)11)24(22-20-23-30-33(12,13)27(3,4)5)25(19-2)31-34(14,15)28(6,7)8;1-14(2)11-18-16(4)22(25)26-21(18)12-15(3)19-8-9-20-17(13-24)7-6-10-23(19,20)5;1-2;/h11-12,20-21,26-32,35-37H,4-5,7-10,13-19H2,1-3,6H3;1,19,24-26H,2,20-23H2,3-17H3;13-15,18-21H,4,6-12H2,1-3,5H3;1-2H3;1H/b24-11+,25-12-;;17-13+;;/t21-,26+,27+,28-,29+,30-,31-,32-,34-;24-,25-,26-;15-,18+,19-,20+,21-,23-;;/m111../s1. The second-order valence-corrected chi connectivity index (χ2v) is 53.0. The third-order valence-corrected chi connectivity index (χ3v) is 41.4. The number of cyclic esters (lactones) is 2. The van der Waals surface area contributed by atoms with Crippen molar-refractivity contribution in [3.05, 3.63) is 83.0 Å². The van der Waals surface area contributed by atoms with Gasteiger partial charge in [-0.15, -0.1) is 18.9 Å². The Morgan fingerprint density at radius 1 is 0.670 bits per heavy atom. The first-order valence-electron chi connectivity index (χ1n) is 40.4. The van der Waals surface area contributed by atoms with Crippen LogP contribution in [0.3, 0.4) is 0 Å². The van der Waals surface area contributed by atoms with Gasteiger partial charge in [0.15, 0.2) is 25.0 Å². The molecule has 0 aromatic rings. The van der Waals surface area contributed by atoms with Crippen LogP contribution in [0.25, 0.3) is 0 Å². The lowest BCUT2D eigenvalue weighted by molar-refractivity contribution is -0.141. The maximum atomic E-state index is 12.4. The maximum Gasteiger partial charge on any atom is 0.334 e. The molecule has 0 bridgehead atoms. The SMILES string of the molecule is C#CC[C@@H](O[Si](C)(C)C(C)(C)C)[C@H](CCCO[Si](C)(C)C(C)(C)C)[C@@H](C=C)O[Si](C)(C)C(C)(C)C.C=C1/C(=C\C=C2/CCC[C@]3(C)[C@@H]([C@H](C)C[C@H]4OC(=O)C(=C)[C@@H]4CC(C)C)CC[C@@H]23)C[C@@H](O)[C@H](CCCO)[C@@H]1O.C=C1C(=O)O[C@H](C[C@@H](C)[C@H]2CC[C@H]3/C(=C/Br)CCC[C@]23C)[C@H]1CC(C)C.CC.F. The minimum atomic E-state index is -2.02. The molecule has 0 amide bonds. The fourth-order valence-electron chi connectivity index (χ4n) is 18.2. The van der Waals surface area contributed by atoms with Crippen LogP contribution in [0.5, 0.6) is 0 Å². The summed E-state index contributed by atoms with van der Waals surface area (Å²) in [6, 6.07) is 0. The van der Waals surface area contributed by atoms with Gasteiger partial charge in [0.2, 0.25) is 0 Å². The molecular weight excluding hydrogens is 1400 g/mol. The van der Waals surface area contributed by atoms with E-state index in [0.29, 0.717) is 83.3 Å². The molecule has 0 aromatic heterocycles. The summed E-state index contributed by atoms with van der Waals surface area (Å²) in [6.45, 7) is 74.4. The Morgan fingerprint density at radius 3 is 1.53 bits per heavy atom. The largest absolute Gasteiger partial charge is 0.458 e. The van der Waals surface area contributed by atoms with E-state index in [1.165, 1.54) is 63.4 Å². The maximum absolute atomic E-state index is 12.4. The highest BCUT2D eigenvalue weighted by Gasteiger charge is 2.55. The Labute approximate surface area is 642 Å². The molecule has 18 atom stereocenters. The van der Waals surface area contributed by atoms with E-state index in [4.69, 9.17) is 29.2 Å². The van der Waals surface area contributed by atoms with Crippen LogP contribution in [-0.2, 0) is 32.3 Å². The van der Waals surface area contributed by atoms with Crippen molar-refractivity contribution in [2.75, 3.05) is 13.2 Å². The van der Waals surface area contributed by atoms with Gasteiger partial charge in [0.1, 0.15) is 12.2 Å². The molecule has 0 radical (unpaired) electrons. The summed E-state index contributed by atoms with van der Waals surface area (Å²) < 4.78 is 32.1. The summed E-state index contributed by atoms with van der Waals surface area (Å²) >= 11 is 3.61. The fraction of sp³-hybridized carbons (Fsp3) is 0.795. The summed E-state index contributed by atoms with van der Waals surface area (Å²) in [6.07, 6.45) is 31.1. The molecule has 5 saturated carbocycles. The Hall–Kier alpha value is -2.50. The van der Waals surface area contributed by atoms with Crippen LogP contribution in [0.2, 0.25) is 54.4 Å². The fourth-order valence-corrected chi connectivity index (χ4v) is 22.5. The molecule has 0 spiro atoms. The van der Waals surface area contributed by atoms with E-state index in [-0.39, 0.29) is 91.9 Å². The van der Waals surface area contributed by atoms with Gasteiger partial charge in [-0.1, -0.05) is 197 Å². The number of allylic oxidation sites excluding steroid dienone is 4. The van der Waals surface area contributed by atoms with Gasteiger partial charge < -0.3 is 38.1 Å². The number of halogens is 2. The number of rotatable bonds is 27. The molecule has 5 aliphatic carbocycles. The van der Waals surface area contributed by atoms with Crippen molar-refractivity contribution in [2.45, 2.75) is 351 Å². The van der Waals surface area contributed by atoms with Crippen molar-refractivity contribution < 1.29 is 52.4 Å². The summed E-state index contributed by atoms with van der Waals surface area (Å²) in [7, 11) is -5.81. The van der Waals surface area contributed by atoms with Crippen molar-refractivity contribution in [3.63, 3.8) is 0 Å². The van der Waals surface area contributed by atoms with Gasteiger partial charge in [0.25, 0.3) is 0 Å². The minimum absolute atomic E-state index is 0. The van der Waals surface area contributed by atoms with Gasteiger partial charge in [-0.25, -0.2) is 9.59 Å². The van der Waals surface area contributed by atoms with Crippen molar-refractivity contribution in [1.29, 1.82) is 0 Å². The molecule has 7 fully saturated rings. The van der Waals surface area contributed by atoms with Crippen LogP contribution in [-0.4, -0.2) is 102 Å². The van der Waals surface area contributed by atoms with E-state index >= 15 is 0 Å². The van der Waals surface area contributed by atoms with E-state index < -0.39 is 37.2 Å². The van der Waals surface area contributed by atoms with Crippen molar-refractivity contribution in [2.24, 2.45) is 81.8 Å². The summed E-state index contributed by atoms with van der Waals surface area (Å²) in [4.78, 5) is 26.7. The average molecular weight is 1560 g/mol. The molecule has 7 rings (SSSR count). The Bertz CT molecular complexity index is 2900. The molecule has 2 aliphatic heterocycles. The molecule has 15 heteroatoms. The van der Waals surface area contributed by atoms with Gasteiger partial charge in [-0.05, 0) is 251 Å². The number of ether oxygens (including phenoxy) is 2. The Morgan fingerprint density at radius 2 is 1.12 bits per heavy atom. The lowest BCUT2D eigenvalue weighted by Crippen LogP contribution is -2.50. The lowest BCUT2D eigenvalue weighted by atomic mass is 9.60. The second-order valence-electron chi connectivity index (χ2n) is 38.2. The summed E-state index contributed by atoms with van der Waals surface area (Å²) in [5.41, 5.74) is 6.76. The predicted octanol–water partition coefficient (Wildman–Crippen LogP) is 23.5. The highest BCUT2D eigenvalue weighted by atomic mass is 79.9. The number of aliphatic hydroxyl groups is 3. The molecule has 0 unspecified atom stereocenters. The zero-order valence-electron chi connectivity index (χ0n) is 70.1. The first-order chi connectivity index (χ1) is 47.2. The van der Waals surface area contributed by atoms with Crippen LogP contribution in [0, 0.1) is 94.2 Å². The van der Waals surface area contributed by atoms with Crippen LogP contribution in [0.15, 0.2) is 83.0 Å². The average Bonchev–Trinajstić information content (AvgIpc) is 1.62. The first-order valence-corrected chi connectivity index (χ1v) is 50.0. The molecule has 10 nitrogen and oxygen atoms in total. The number of esters is 2. The minimum Gasteiger partial charge on any atom is -0.458 e. The van der Waals surface area contributed by atoms with Crippen LogP contribution >= 0.6 is 15.9 Å². The molecule has 0 aromatic carbocycles. The monoisotopic (exact) mass is 1550 g/mol. The van der Waals surface area contributed by atoms with Gasteiger partial charge in [0, 0.05) is 54.5 Å². The van der Waals surface area contributed by atoms with Crippen molar-refractivity contribution >= 4 is 52.8 Å². The van der Waals surface area contributed by atoms with E-state index in [0.717, 1.165) is 69.0 Å². The molecule has 2 saturated heterocycles. The number of terminal acetylenes is 1. The van der Waals surface area contributed by atoms with Crippen LogP contribution < -0.4 is 0 Å². The van der Waals surface area contributed by atoms with Gasteiger partial charge in [-0.3, -0.25) is 4.70 Å². The third kappa shape index (κ3) is 24.0. The first kappa shape index (κ1) is 94.7. The van der Waals surface area contributed by atoms with Crippen molar-refractivity contribution in [1.82, 2.24) is 0 Å². The molecular formula is C88H154BrFO10Si3. The van der Waals surface area contributed by atoms with Crippen LogP contribution in [0.4, 0.5) is 4.70 Å². The summed E-state index contributed by atoms with van der Waals surface area (Å²) in [5, 5.41) is 31.1. The molecule has 2 heterocycles. The highest BCUT2D eigenvalue weighted by molar-refractivity contribution is 9.11. The quantitative estimate of drug-likeness (QED) is 0.0182. The number of hydrogen-bond acceptors (Lipinski definition) is 10. The lowest BCUT2D eigenvalue weighted by Gasteiger charge is -2.45. The number of aliphatic hydroxyl groups excluding tert-OH is 3. The van der Waals surface area contributed by atoms with E-state index in [1.54, 1.807) is 5.57 Å². The van der Waals surface area contributed by atoms with Gasteiger partial charge in [-0.2, -0.15) is 0 Å². The number of hydrogen-bond donors (Lipinski definition) is 3. The number of fused-ring (bicyclic) bond motifs is 2. The van der Waals surface area contributed by atoms with E-state index in [1.807, 2.05) is 19.9 Å². The van der Waals surface area contributed by atoms with Crippen LogP contribution in [0.1, 0.15) is 260 Å². The Balaban J connectivity index is 0.000000402. The van der Waals surface area contributed by atoms with Gasteiger partial charge in [0.05, 0.1) is 24.4 Å². The van der Waals surface area contributed by atoms with Crippen molar-refractivity contribution in [3.8, 4) is 12.3 Å². The molecule has 103 heavy (non-hydrogen) atoms. The molecule has 7 aliphatic rings. The topological polar surface area (TPSA) is 141 Å². The zero-order valence-corrected chi connectivity index (χ0v) is 74.7. The molecule has 3 N–H and O–H groups in total. The normalized spacial score (nSPS) is 31.1. The number of carbonyl (C=O) groups is 2. The van der Waals surface area contributed by atoms with E-state index in [9.17, 15) is 24.9 Å². The summed E-state index contributed by atoms with van der Waals surface area (Å²) in [5.74, 6) is 7.47. The molecule has 592 valence electrons. The highest BCUT2D eigenvalue weighted by Crippen LogP contribution is 2.62. The smallest absolute Gasteiger partial charge is 0.334 e. The predicted molar refractivity (Wildman–Crippen MR) is 444 cm³/mol. The third-order valence-electron chi connectivity index (χ3n) is 27.3. The Kier molecular flexibility index (Phi) is 36.7. The number of carbonyl (C=O) groups excluding carboxylic acids is 2. The second kappa shape index (κ2) is 39.9. The zero-order chi connectivity index (χ0) is 77.6. The van der Waals surface area contributed by atoms with Gasteiger partial charge >= 0.3 is 11.9 Å². The van der Waals surface area contributed by atoms with E-state index in [2.05, 4.69) is 222 Å².